The SMILES string of the molecule is CC(C)[C@H](c1ccccc1)n1c(N)nc2ccc(Br)cc21. The minimum atomic E-state index is 0.172. The zero-order valence-electron chi connectivity index (χ0n) is 12.1. The van der Waals surface area contributed by atoms with Crippen LogP contribution in [0.1, 0.15) is 25.5 Å². The maximum atomic E-state index is 6.22. The van der Waals surface area contributed by atoms with Crippen LogP contribution in [0.2, 0.25) is 0 Å². The van der Waals surface area contributed by atoms with Crippen molar-refractivity contribution < 1.29 is 0 Å². The number of halogens is 1. The first-order valence-electron chi connectivity index (χ1n) is 7.06. The third kappa shape index (κ3) is 2.56. The average molecular weight is 344 g/mol. The van der Waals surface area contributed by atoms with Crippen molar-refractivity contribution in [1.82, 2.24) is 9.55 Å². The van der Waals surface area contributed by atoms with E-state index in [1.165, 1.54) is 5.56 Å². The molecule has 2 aromatic carbocycles. The van der Waals surface area contributed by atoms with E-state index in [4.69, 9.17) is 5.73 Å². The van der Waals surface area contributed by atoms with Gasteiger partial charge >= 0.3 is 0 Å². The van der Waals surface area contributed by atoms with Gasteiger partial charge in [-0.15, -0.1) is 0 Å². The third-order valence-electron chi connectivity index (χ3n) is 3.73. The molecule has 3 rings (SSSR count). The van der Waals surface area contributed by atoms with Crippen LogP contribution in [0.25, 0.3) is 11.0 Å². The van der Waals surface area contributed by atoms with Gasteiger partial charge in [0.05, 0.1) is 17.1 Å². The molecule has 0 unspecified atom stereocenters. The van der Waals surface area contributed by atoms with E-state index in [0.29, 0.717) is 11.9 Å². The van der Waals surface area contributed by atoms with Crippen LogP contribution in [0.5, 0.6) is 0 Å². The number of imidazole rings is 1. The highest BCUT2D eigenvalue weighted by Crippen LogP contribution is 2.33. The monoisotopic (exact) mass is 343 g/mol. The first-order chi connectivity index (χ1) is 10.1. The second kappa shape index (κ2) is 5.53. The van der Waals surface area contributed by atoms with Crippen LogP contribution in [0.3, 0.4) is 0 Å². The van der Waals surface area contributed by atoms with Crippen molar-refractivity contribution in [3.63, 3.8) is 0 Å². The van der Waals surface area contributed by atoms with E-state index in [0.717, 1.165) is 15.5 Å². The second-order valence-electron chi connectivity index (χ2n) is 5.57. The van der Waals surface area contributed by atoms with Gasteiger partial charge in [0.25, 0.3) is 0 Å². The Balaban J connectivity index is 2.25. The molecule has 0 bridgehead atoms. The molecule has 0 aliphatic rings. The summed E-state index contributed by atoms with van der Waals surface area (Å²) in [5.41, 5.74) is 9.45. The molecule has 0 aliphatic carbocycles. The second-order valence-corrected chi connectivity index (χ2v) is 6.49. The quantitative estimate of drug-likeness (QED) is 0.753. The topological polar surface area (TPSA) is 43.8 Å². The Kier molecular flexibility index (Phi) is 3.72. The minimum absolute atomic E-state index is 0.172. The van der Waals surface area contributed by atoms with Gasteiger partial charge in [-0.05, 0) is 29.7 Å². The maximum Gasteiger partial charge on any atom is 0.201 e. The molecule has 4 heteroatoms. The molecular formula is C17H18BrN3. The highest BCUT2D eigenvalue weighted by Gasteiger charge is 2.22. The number of hydrogen-bond acceptors (Lipinski definition) is 2. The molecule has 3 nitrogen and oxygen atoms in total. The number of benzene rings is 2. The van der Waals surface area contributed by atoms with Gasteiger partial charge < -0.3 is 10.3 Å². The number of nitrogen functional groups attached to an aromatic ring is 1. The molecule has 108 valence electrons. The number of hydrogen-bond donors (Lipinski definition) is 1. The Hall–Kier alpha value is -1.81. The van der Waals surface area contributed by atoms with Crippen molar-refractivity contribution in [2.24, 2.45) is 5.92 Å². The first kappa shape index (κ1) is 14.1. The molecule has 2 N–H and O–H groups in total. The Labute approximate surface area is 132 Å². The summed E-state index contributed by atoms with van der Waals surface area (Å²) >= 11 is 3.54. The fourth-order valence-electron chi connectivity index (χ4n) is 2.86. The van der Waals surface area contributed by atoms with E-state index in [1.54, 1.807) is 0 Å². The fourth-order valence-corrected chi connectivity index (χ4v) is 3.21. The van der Waals surface area contributed by atoms with E-state index >= 15 is 0 Å². The number of aromatic nitrogens is 2. The molecule has 1 heterocycles. The van der Waals surface area contributed by atoms with Gasteiger partial charge in [-0.25, -0.2) is 4.98 Å². The van der Waals surface area contributed by atoms with Crippen LogP contribution in [0, 0.1) is 5.92 Å². The number of nitrogens with two attached hydrogens (primary N) is 1. The summed E-state index contributed by atoms with van der Waals surface area (Å²) in [6.07, 6.45) is 0. The molecule has 0 aliphatic heterocycles. The third-order valence-corrected chi connectivity index (χ3v) is 4.22. The molecule has 1 aromatic heterocycles. The largest absolute Gasteiger partial charge is 0.369 e. The van der Waals surface area contributed by atoms with Crippen LogP contribution in [-0.2, 0) is 0 Å². The van der Waals surface area contributed by atoms with Crippen molar-refractivity contribution in [3.8, 4) is 0 Å². The summed E-state index contributed by atoms with van der Waals surface area (Å²) in [4.78, 5) is 4.50. The average Bonchev–Trinajstić information content (AvgIpc) is 2.77. The maximum absolute atomic E-state index is 6.22. The zero-order chi connectivity index (χ0) is 15.0. The molecule has 21 heavy (non-hydrogen) atoms. The summed E-state index contributed by atoms with van der Waals surface area (Å²) in [5, 5.41) is 0. The zero-order valence-corrected chi connectivity index (χ0v) is 13.7. The van der Waals surface area contributed by atoms with E-state index in [9.17, 15) is 0 Å². The van der Waals surface area contributed by atoms with Crippen molar-refractivity contribution in [3.05, 3.63) is 58.6 Å². The predicted molar refractivity (Wildman–Crippen MR) is 91.3 cm³/mol. The van der Waals surface area contributed by atoms with Gasteiger partial charge in [-0.3, -0.25) is 0 Å². The minimum Gasteiger partial charge on any atom is -0.369 e. The first-order valence-corrected chi connectivity index (χ1v) is 7.85. The highest BCUT2D eigenvalue weighted by molar-refractivity contribution is 9.10. The van der Waals surface area contributed by atoms with Gasteiger partial charge in [0.1, 0.15) is 0 Å². The van der Waals surface area contributed by atoms with Crippen LogP contribution >= 0.6 is 15.9 Å². The molecular weight excluding hydrogens is 326 g/mol. The van der Waals surface area contributed by atoms with Crippen molar-refractivity contribution in [1.29, 1.82) is 0 Å². The van der Waals surface area contributed by atoms with Gasteiger partial charge in [-0.1, -0.05) is 60.1 Å². The number of fused-ring (bicyclic) bond motifs is 1. The molecule has 0 saturated carbocycles. The Morgan fingerprint density at radius 1 is 1.10 bits per heavy atom. The van der Waals surface area contributed by atoms with Gasteiger partial charge in [0.2, 0.25) is 5.95 Å². The van der Waals surface area contributed by atoms with Gasteiger partial charge in [0, 0.05) is 4.47 Å². The van der Waals surface area contributed by atoms with Crippen LogP contribution in [0.4, 0.5) is 5.95 Å². The lowest BCUT2D eigenvalue weighted by Crippen LogP contribution is -2.18. The lowest BCUT2D eigenvalue weighted by Gasteiger charge is -2.25. The lowest BCUT2D eigenvalue weighted by molar-refractivity contribution is 0.450. The van der Waals surface area contributed by atoms with Gasteiger partial charge in [0.15, 0.2) is 0 Å². The Morgan fingerprint density at radius 3 is 2.48 bits per heavy atom. The van der Waals surface area contributed by atoms with Crippen molar-refractivity contribution >= 4 is 32.9 Å². The molecule has 3 aromatic rings. The number of rotatable bonds is 3. The molecule has 1 atom stereocenters. The Bertz CT molecular complexity index is 762. The molecule has 0 radical (unpaired) electrons. The summed E-state index contributed by atoms with van der Waals surface area (Å²) in [6.45, 7) is 4.42. The van der Waals surface area contributed by atoms with Gasteiger partial charge in [-0.2, -0.15) is 0 Å². The van der Waals surface area contributed by atoms with E-state index in [2.05, 4.69) is 69.7 Å². The normalized spacial score (nSPS) is 13.0. The summed E-state index contributed by atoms with van der Waals surface area (Å²) in [5.74, 6) is 0.969. The van der Waals surface area contributed by atoms with Crippen molar-refractivity contribution in [2.75, 3.05) is 5.73 Å². The highest BCUT2D eigenvalue weighted by atomic mass is 79.9. The summed E-state index contributed by atoms with van der Waals surface area (Å²) < 4.78 is 3.17. The molecule has 0 spiro atoms. The van der Waals surface area contributed by atoms with Crippen LogP contribution in [0.15, 0.2) is 53.0 Å². The van der Waals surface area contributed by atoms with Crippen molar-refractivity contribution in [2.45, 2.75) is 19.9 Å². The lowest BCUT2D eigenvalue weighted by atomic mass is 9.95. The predicted octanol–water partition coefficient (Wildman–Crippen LogP) is 4.63. The smallest absolute Gasteiger partial charge is 0.201 e. The fraction of sp³-hybridized carbons (Fsp3) is 0.235. The summed E-state index contributed by atoms with van der Waals surface area (Å²) in [6, 6.07) is 16.7. The molecule has 0 saturated heterocycles. The Morgan fingerprint density at radius 2 is 1.81 bits per heavy atom. The van der Waals surface area contributed by atoms with E-state index in [1.807, 2.05) is 18.2 Å². The standard InChI is InChI=1S/C17H18BrN3/c1-11(2)16(12-6-4-3-5-7-12)21-15-10-13(18)8-9-14(15)20-17(21)19/h3-11,16H,1-2H3,(H2,19,20)/t16-/m1/s1. The number of nitrogens with zero attached hydrogens (tertiary/aromatic N) is 2. The van der Waals surface area contributed by atoms with E-state index in [-0.39, 0.29) is 6.04 Å². The van der Waals surface area contributed by atoms with Crippen LogP contribution < -0.4 is 5.73 Å². The molecule has 0 fully saturated rings. The van der Waals surface area contributed by atoms with Crippen LogP contribution in [-0.4, -0.2) is 9.55 Å². The van der Waals surface area contributed by atoms with E-state index < -0.39 is 0 Å². The number of anilines is 1. The molecule has 0 amide bonds. The summed E-state index contributed by atoms with van der Waals surface area (Å²) in [7, 11) is 0.